The Hall–Kier alpha value is -2.99. The van der Waals surface area contributed by atoms with Gasteiger partial charge in [0.1, 0.15) is 17.2 Å². The Kier molecular flexibility index (Phi) is 7.00. The molecule has 3 aromatic rings. The second-order valence-corrected chi connectivity index (χ2v) is 10.2. The normalized spacial score (nSPS) is 18.5. The molecule has 0 aliphatic carbocycles. The molecule has 0 saturated carbocycles. The zero-order chi connectivity index (χ0) is 24.4. The van der Waals surface area contributed by atoms with Crippen LogP contribution in [-0.2, 0) is 0 Å². The number of fused-ring (bicyclic) bond motifs is 3. The minimum atomic E-state index is -0.306. The standard InChI is InChI=1S/C29H31BrN2O3/c1-4-5-16-33-23-11-8-21(9-12-23)29-32-27(25-17-22(30)10-15-28(25)35-29)18-26(31-32)20-6-13-24(14-7-20)34-19(2)3/h6-15,17,19,27,29H,4-5,16,18H2,1-3H3. The van der Waals surface area contributed by atoms with Crippen LogP contribution in [0.4, 0.5) is 0 Å². The van der Waals surface area contributed by atoms with Gasteiger partial charge in [-0.2, -0.15) is 5.10 Å². The van der Waals surface area contributed by atoms with Crippen molar-refractivity contribution in [1.29, 1.82) is 0 Å². The Balaban J connectivity index is 1.44. The van der Waals surface area contributed by atoms with Crippen molar-refractivity contribution in [1.82, 2.24) is 5.01 Å². The summed E-state index contributed by atoms with van der Waals surface area (Å²) in [6, 6.07) is 22.7. The lowest BCUT2D eigenvalue weighted by molar-refractivity contribution is -0.0191. The van der Waals surface area contributed by atoms with E-state index >= 15 is 0 Å². The molecule has 5 nitrogen and oxygen atoms in total. The van der Waals surface area contributed by atoms with Crippen LogP contribution in [0.15, 0.2) is 76.3 Å². The Bertz CT molecular complexity index is 1190. The molecule has 0 saturated heterocycles. The third-order valence-corrected chi connectivity index (χ3v) is 6.74. The van der Waals surface area contributed by atoms with Crippen molar-refractivity contribution in [3.05, 3.63) is 87.9 Å². The molecule has 35 heavy (non-hydrogen) atoms. The molecule has 3 aromatic carbocycles. The van der Waals surface area contributed by atoms with Gasteiger partial charge in [0.05, 0.1) is 24.5 Å². The predicted octanol–water partition coefficient (Wildman–Crippen LogP) is 7.66. The molecule has 2 atom stereocenters. The van der Waals surface area contributed by atoms with E-state index in [1.807, 2.05) is 50.2 Å². The minimum absolute atomic E-state index is 0.100. The van der Waals surface area contributed by atoms with Crippen LogP contribution in [-0.4, -0.2) is 23.4 Å². The fraction of sp³-hybridized carbons (Fsp3) is 0.345. The summed E-state index contributed by atoms with van der Waals surface area (Å²) in [5.74, 6) is 2.66. The summed E-state index contributed by atoms with van der Waals surface area (Å²) in [7, 11) is 0. The predicted molar refractivity (Wildman–Crippen MR) is 142 cm³/mol. The average Bonchev–Trinajstić information content (AvgIpc) is 3.30. The Morgan fingerprint density at radius 3 is 2.49 bits per heavy atom. The molecule has 0 spiro atoms. The van der Waals surface area contributed by atoms with E-state index in [4.69, 9.17) is 19.3 Å². The molecule has 0 aromatic heterocycles. The molecule has 2 unspecified atom stereocenters. The van der Waals surface area contributed by atoms with Gasteiger partial charge in [0.2, 0.25) is 6.23 Å². The molecular weight excluding hydrogens is 504 g/mol. The van der Waals surface area contributed by atoms with Gasteiger partial charge in [-0.3, -0.25) is 0 Å². The molecule has 0 amide bonds. The number of rotatable bonds is 8. The fourth-order valence-electron chi connectivity index (χ4n) is 4.51. The first-order chi connectivity index (χ1) is 17.0. The van der Waals surface area contributed by atoms with Gasteiger partial charge in [-0.25, -0.2) is 5.01 Å². The van der Waals surface area contributed by atoms with Gasteiger partial charge in [-0.15, -0.1) is 0 Å². The van der Waals surface area contributed by atoms with E-state index in [9.17, 15) is 0 Å². The average molecular weight is 535 g/mol. The summed E-state index contributed by atoms with van der Waals surface area (Å²) in [6.45, 7) is 6.97. The third kappa shape index (κ3) is 5.18. The molecule has 0 bridgehead atoms. The lowest BCUT2D eigenvalue weighted by Gasteiger charge is -2.38. The Morgan fingerprint density at radius 2 is 1.77 bits per heavy atom. The second kappa shape index (κ2) is 10.3. The van der Waals surface area contributed by atoms with Gasteiger partial charge < -0.3 is 14.2 Å². The fourth-order valence-corrected chi connectivity index (χ4v) is 4.89. The summed E-state index contributed by atoms with van der Waals surface area (Å²) < 4.78 is 19.2. The maximum Gasteiger partial charge on any atom is 0.213 e. The van der Waals surface area contributed by atoms with Crippen molar-refractivity contribution in [3.8, 4) is 17.2 Å². The van der Waals surface area contributed by atoms with Gasteiger partial charge in [-0.05, 0) is 92.6 Å². The highest BCUT2D eigenvalue weighted by Crippen LogP contribution is 2.48. The van der Waals surface area contributed by atoms with Crippen molar-refractivity contribution in [3.63, 3.8) is 0 Å². The molecule has 6 heteroatoms. The number of nitrogens with zero attached hydrogens (tertiary/aromatic N) is 2. The van der Waals surface area contributed by atoms with Crippen LogP contribution in [0.25, 0.3) is 0 Å². The van der Waals surface area contributed by atoms with Gasteiger partial charge >= 0.3 is 0 Å². The highest BCUT2D eigenvalue weighted by Gasteiger charge is 2.41. The second-order valence-electron chi connectivity index (χ2n) is 9.26. The van der Waals surface area contributed by atoms with E-state index in [0.29, 0.717) is 0 Å². The summed E-state index contributed by atoms with van der Waals surface area (Å²) >= 11 is 3.63. The van der Waals surface area contributed by atoms with E-state index < -0.39 is 0 Å². The summed E-state index contributed by atoms with van der Waals surface area (Å²) in [5.41, 5.74) is 4.35. The number of unbranched alkanes of at least 4 members (excludes halogenated alkanes) is 1. The number of hydrazone groups is 1. The van der Waals surface area contributed by atoms with Gasteiger partial charge in [0, 0.05) is 22.0 Å². The number of benzene rings is 3. The maximum absolute atomic E-state index is 6.51. The molecule has 0 fully saturated rings. The van der Waals surface area contributed by atoms with Crippen molar-refractivity contribution in [2.24, 2.45) is 5.10 Å². The molecular formula is C29H31BrN2O3. The highest BCUT2D eigenvalue weighted by atomic mass is 79.9. The molecule has 2 aliphatic heterocycles. The maximum atomic E-state index is 6.51. The number of hydrogen-bond acceptors (Lipinski definition) is 5. The van der Waals surface area contributed by atoms with Crippen molar-refractivity contribution < 1.29 is 14.2 Å². The minimum Gasteiger partial charge on any atom is -0.494 e. The van der Waals surface area contributed by atoms with Crippen LogP contribution in [0.3, 0.4) is 0 Å². The molecule has 0 radical (unpaired) electrons. The first kappa shape index (κ1) is 23.7. The first-order valence-corrected chi connectivity index (χ1v) is 13.1. The zero-order valence-corrected chi connectivity index (χ0v) is 22.0. The van der Waals surface area contributed by atoms with Crippen LogP contribution in [0, 0.1) is 0 Å². The van der Waals surface area contributed by atoms with E-state index in [1.54, 1.807) is 0 Å². The number of hydrogen-bond donors (Lipinski definition) is 0. The number of ether oxygens (including phenoxy) is 3. The Labute approximate surface area is 215 Å². The summed E-state index contributed by atoms with van der Waals surface area (Å²) in [4.78, 5) is 0. The zero-order valence-electron chi connectivity index (χ0n) is 20.4. The molecule has 182 valence electrons. The third-order valence-electron chi connectivity index (χ3n) is 6.24. The van der Waals surface area contributed by atoms with E-state index in [0.717, 1.165) is 70.0 Å². The molecule has 2 heterocycles. The lowest BCUT2D eigenvalue weighted by Crippen LogP contribution is -2.33. The SMILES string of the molecule is CCCCOc1ccc(C2Oc3ccc(Br)cc3C3CC(c4ccc(OC(C)C)cc4)=NN32)cc1. The summed E-state index contributed by atoms with van der Waals surface area (Å²) in [6.07, 6.45) is 2.83. The van der Waals surface area contributed by atoms with Crippen LogP contribution < -0.4 is 14.2 Å². The highest BCUT2D eigenvalue weighted by molar-refractivity contribution is 9.10. The first-order valence-electron chi connectivity index (χ1n) is 12.3. The van der Waals surface area contributed by atoms with Crippen LogP contribution in [0.2, 0.25) is 0 Å². The smallest absolute Gasteiger partial charge is 0.213 e. The van der Waals surface area contributed by atoms with E-state index in [-0.39, 0.29) is 18.4 Å². The van der Waals surface area contributed by atoms with Crippen molar-refractivity contribution in [2.45, 2.75) is 58.4 Å². The van der Waals surface area contributed by atoms with Crippen LogP contribution in [0.5, 0.6) is 17.2 Å². The largest absolute Gasteiger partial charge is 0.494 e. The van der Waals surface area contributed by atoms with E-state index in [1.165, 1.54) is 0 Å². The number of halogens is 1. The Morgan fingerprint density at radius 1 is 1.03 bits per heavy atom. The van der Waals surface area contributed by atoms with Gasteiger partial charge in [0.15, 0.2) is 0 Å². The van der Waals surface area contributed by atoms with E-state index in [2.05, 4.69) is 58.2 Å². The monoisotopic (exact) mass is 534 g/mol. The topological polar surface area (TPSA) is 43.3 Å². The lowest BCUT2D eigenvalue weighted by atomic mass is 9.96. The van der Waals surface area contributed by atoms with Crippen LogP contribution in [0.1, 0.15) is 69.0 Å². The van der Waals surface area contributed by atoms with Gasteiger partial charge in [0.25, 0.3) is 0 Å². The van der Waals surface area contributed by atoms with Gasteiger partial charge in [-0.1, -0.05) is 29.3 Å². The molecule has 2 aliphatic rings. The summed E-state index contributed by atoms with van der Waals surface area (Å²) in [5, 5.41) is 7.18. The molecule has 5 rings (SSSR count). The van der Waals surface area contributed by atoms with Crippen molar-refractivity contribution in [2.75, 3.05) is 6.61 Å². The van der Waals surface area contributed by atoms with Crippen LogP contribution >= 0.6 is 15.9 Å². The quantitative estimate of drug-likeness (QED) is 0.278. The molecule has 0 N–H and O–H groups in total. The van der Waals surface area contributed by atoms with Crippen molar-refractivity contribution >= 4 is 21.6 Å².